The highest BCUT2D eigenvalue weighted by Gasteiger charge is 2.11. The highest BCUT2D eigenvalue weighted by Crippen LogP contribution is 2.19. The van der Waals surface area contributed by atoms with Gasteiger partial charge in [-0.3, -0.25) is 10.6 Å². The van der Waals surface area contributed by atoms with Crippen molar-refractivity contribution in [2.75, 3.05) is 12.5 Å². The van der Waals surface area contributed by atoms with Crippen LogP contribution < -0.4 is 21.3 Å². The molecular weight excluding hydrogens is 266 g/mol. The average Bonchev–Trinajstić information content (AvgIpc) is 2.52. The molecule has 0 bridgehead atoms. The van der Waals surface area contributed by atoms with Crippen LogP contribution in [0.3, 0.4) is 0 Å². The monoisotopic (exact) mass is 285 g/mol. The van der Waals surface area contributed by atoms with Gasteiger partial charge in [0, 0.05) is 12.1 Å². The third-order valence-corrected chi connectivity index (χ3v) is 3.21. The standard InChI is InChI=1S/C16H19N3O2/c1-11-7-8-13(14(9-11)19-17)16(20)18-10-12-5-3-4-6-15(12)21-2/h3-9,19H,10,17H2,1-2H3,(H,18,20). The molecule has 0 heterocycles. The molecule has 0 aliphatic heterocycles. The summed E-state index contributed by atoms with van der Waals surface area (Å²) in [6, 6.07) is 13.0. The number of anilines is 1. The summed E-state index contributed by atoms with van der Waals surface area (Å²) in [4.78, 5) is 12.3. The third-order valence-electron chi connectivity index (χ3n) is 3.21. The molecule has 1 amide bonds. The lowest BCUT2D eigenvalue weighted by Crippen LogP contribution is -2.25. The van der Waals surface area contributed by atoms with E-state index in [9.17, 15) is 4.79 Å². The molecule has 0 fully saturated rings. The zero-order valence-electron chi connectivity index (χ0n) is 12.1. The Kier molecular flexibility index (Phi) is 4.79. The number of amides is 1. The average molecular weight is 285 g/mol. The molecule has 5 nitrogen and oxygen atoms in total. The van der Waals surface area contributed by atoms with Crippen LogP contribution in [-0.4, -0.2) is 13.0 Å². The fraction of sp³-hybridized carbons (Fsp3) is 0.188. The molecule has 0 aliphatic carbocycles. The van der Waals surface area contributed by atoms with Crippen molar-refractivity contribution in [3.63, 3.8) is 0 Å². The maximum Gasteiger partial charge on any atom is 0.253 e. The maximum absolute atomic E-state index is 12.3. The van der Waals surface area contributed by atoms with Gasteiger partial charge in [-0.15, -0.1) is 0 Å². The van der Waals surface area contributed by atoms with Crippen LogP contribution in [0.4, 0.5) is 5.69 Å². The van der Waals surface area contributed by atoms with Gasteiger partial charge in [-0.05, 0) is 30.7 Å². The van der Waals surface area contributed by atoms with Gasteiger partial charge in [0.15, 0.2) is 0 Å². The van der Waals surface area contributed by atoms with Crippen LogP contribution in [0.1, 0.15) is 21.5 Å². The maximum atomic E-state index is 12.3. The van der Waals surface area contributed by atoms with Crippen molar-refractivity contribution < 1.29 is 9.53 Å². The van der Waals surface area contributed by atoms with Crippen molar-refractivity contribution in [3.8, 4) is 5.75 Å². The molecule has 0 spiro atoms. The minimum absolute atomic E-state index is 0.186. The molecule has 21 heavy (non-hydrogen) atoms. The van der Waals surface area contributed by atoms with Crippen LogP contribution in [0.15, 0.2) is 42.5 Å². The lowest BCUT2D eigenvalue weighted by molar-refractivity contribution is 0.0951. The first-order valence-electron chi connectivity index (χ1n) is 6.63. The second-order valence-electron chi connectivity index (χ2n) is 4.69. The van der Waals surface area contributed by atoms with E-state index in [0.717, 1.165) is 16.9 Å². The fourth-order valence-corrected chi connectivity index (χ4v) is 2.10. The van der Waals surface area contributed by atoms with Gasteiger partial charge < -0.3 is 15.5 Å². The van der Waals surface area contributed by atoms with Crippen LogP contribution in [0.2, 0.25) is 0 Å². The van der Waals surface area contributed by atoms with E-state index < -0.39 is 0 Å². The molecule has 2 aromatic carbocycles. The number of rotatable bonds is 5. The minimum Gasteiger partial charge on any atom is -0.496 e. The molecule has 110 valence electrons. The molecule has 0 atom stereocenters. The van der Waals surface area contributed by atoms with Crippen LogP contribution >= 0.6 is 0 Å². The number of hydrogen-bond donors (Lipinski definition) is 3. The molecule has 2 aromatic rings. The summed E-state index contributed by atoms with van der Waals surface area (Å²) in [6.45, 7) is 2.33. The third kappa shape index (κ3) is 3.52. The Morgan fingerprint density at radius 2 is 2.00 bits per heavy atom. The Balaban J connectivity index is 2.12. The predicted octanol–water partition coefficient (Wildman–Crippen LogP) is 2.22. The van der Waals surface area contributed by atoms with Gasteiger partial charge in [0.1, 0.15) is 5.75 Å². The number of nitrogen functional groups attached to an aromatic ring is 1. The Labute approximate surface area is 124 Å². The van der Waals surface area contributed by atoms with E-state index in [4.69, 9.17) is 10.6 Å². The highest BCUT2D eigenvalue weighted by molar-refractivity contribution is 5.99. The molecule has 0 saturated carbocycles. The van der Waals surface area contributed by atoms with Crippen molar-refractivity contribution >= 4 is 11.6 Å². The zero-order chi connectivity index (χ0) is 15.2. The van der Waals surface area contributed by atoms with Gasteiger partial charge in [0.25, 0.3) is 5.91 Å². The summed E-state index contributed by atoms with van der Waals surface area (Å²) < 4.78 is 5.26. The van der Waals surface area contributed by atoms with Gasteiger partial charge in [-0.25, -0.2) is 0 Å². The number of para-hydroxylation sites is 1. The first-order chi connectivity index (χ1) is 10.2. The van der Waals surface area contributed by atoms with Crippen LogP contribution in [-0.2, 0) is 6.54 Å². The van der Waals surface area contributed by atoms with Crippen molar-refractivity contribution in [3.05, 3.63) is 59.2 Å². The summed E-state index contributed by atoms with van der Waals surface area (Å²) in [7, 11) is 1.61. The van der Waals surface area contributed by atoms with Crippen LogP contribution in [0.5, 0.6) is 5.75 Å². The fourth-order valence-electron chi connectivity index (χ4n) is 2.10. The topological polar surface area (TPSA) is 76.4 Å². The normalized spacial score (nSPS) is 10.0. The van der Waals surface area contributed by atoms with Crippen LogP contribution in [0.25, 0.3) is 0 Å². The van der Waals surface area contributed by atoms with E-state index >= 15 is 0 Å². The van der Waals surface area contributed by atoms with Crippen molar-refractivity contribution in [1.29, 1.82) is 0 Å². The molecule has 2 rings (SSSR count). The van der Waals surface area contributed by atoms with Crippen LogP contribution in [0, 0.1) is 6.92 Å². The van der Waals surface area contributed by atoms with Gasteiger partial charge >= 0.3 is 0 Å². The summed E-state index contributed by atoms with van der Waals surface area (Å²) in [5.41, 5.74) is 5.62. The number of nitrogens with two attached hydrogens (primary N) is 1. The van der Waals surface area contributed by atoms with Crippen molar-refractivity contribution in [2.24, 2.45) is 5.84 Å². The van der Waals surface area contributed by atoms with E-state index in [0.29, 0.717) is 17.8 Å². The van der Waals surface area contributed by atoms with E-state index in [1.54, 1.807) is 13.2 Å². The lowest BCUT2D eigenvalue weighted by atomic mass is 10.1. The lowest BCUT2D eigenvalue weighted by Gasteiger charge is -2.12. The second kappa shape index (κ2) is 6.76. The number of carbonyl (C=O) groups is 1. The Hall–Kier alpha value is -2.53. The smallest absolute Gasteiger partial charge is 0.253 e. The van der Waals surface area contributed by atoms with E-state index in [2.05, 4.69) is 10.7 Å². The number of carbonyl (C=O) groups excluding carboxylic acids is 1. The highest BCUT2D eigenvalue weighted by atomic mass is 16.5. The summed E-state index contributed by atoms with van der Waals surface area (Å²) >= 11 is 0. The van der Waals surface area contributed by atoms with Gasteiger partial charge in [0.2, 0.25) is 0 Å². The number of hydrogen-bond acceptors (Lipinski definition) is 4. The van der Waals surface area contributed by atoms with Gasteiger partial charge in [-0.1, -0.05) is 24.3 Å². The quantitative estimate of drug-likeness (QED) is 0.581. The molecule has 0 radical (unpaired) electrons. The van der Waals surface area contributed by atoms with Gasteiger partial charge in [-0.2, -0.15) is 0 Å². The second-order valence-corrected chi connectivity index (χ2v) is 4.69. The van der Waals surface area contributed by atoms with Crippen molar-refractivity contribution in [2.45, 2.75) is 13.5 Å². The summed E-state index contributed by atoms with van der Waals surface area (Å²) in [6.07, 6.45) is 0. The molecule has 4 N–H and O–H groups in total. The van der Waals surface area contributed by atoms with E-state index in [-0.39, 0.29) is 5.91 Å². The number of ether oxygens (including phenoxy) is 1. The summed E-state index contributed by atoms with van der Waals surface area (Å²) in [5.74, 6) is 6.02. The minimum atomic E-state index is -0.186. The van der Waals surface area contributed by atoms with Gasteiger partial charge in [0.05, 0.1) is 18.4 Å². The largest absolute Gasteiger partial charge is 0.496 e. The predicted molar refractivity (Wildman–Crippen MR) is 83.2 cm³/mol. The number of nitrogens with one attached hydrogen (secondary N) is 2. The number of aryl methyl sites for hydroxylation is 1. The van der Waals surface area contributed by atoms with E-state index in [1.807, 2.05) is 43.3 Å². The number of hydrazine groups is 1. The Bertz CT molecular complexity index is 641. The summed E-state index contributed by atoms with van der Waals surface area (Å²) in [5, 5.41) is 2.87. The number of methoxy groups -OCH3 is 1. The first kappa shape index (κ1) is 14.9. The van der Waals surface area contributed by atoms with E-state index in [1.165, 1.54) is 0 Å². The molecule has 0 unspecified atom stereocenters. The zero-order valence-corrected chi connectivity index (χ0v) is 12.1. The first-order valence-corrected chi connectivity index (χ1v) is 6.63. The Morgan fingerprint density at radius 1 is 1.24 bits per heavy atom. The molecule has 5 heteroatoms. The van der Waals surface area contributed by atoms with Crippen molar-refractivity contribution in [1.82, 2.24) is 5.32 Å². The number of benzene rings is 2. The SMILES string of the molecule is COc1ccccc1CNC(=O)c1ccc(C)cc1NN. The molecule has 0 saturated heterocycles. The molecule has 0 aromatic heterocycles. The molecule has 0 aliphatic rings. The Morgan fingerprint density at radius 3 is 2.71 bits per heavy atom. The molecular formula is C16H19N3O2.